The molecule has 2 N–H and O–H groups in total. The van der Waals surface area contributed by atoms with Crippen LogP contribution in [0.15, 0.2) is 64.1 Å². The lowest BCUT2D eigenvalue weighted by Gasteiger charge is -2.25. The summed E-state index contributed by atoms with van der Waals surface area (Å²) in [5.74, 6) is -0.845. The number of esters is 1. The number of methoxy groups -OCH3 is 1. The molecule has 0 radical (unpaired) electrons. The summed E-state index contributed by atoms with van der Waals surface area (Å²) in [5, 5.41) is 20.6. The van der Waals surface area contributed by atoms with Gasteiger partial charge < -0.3 is 24.1 Å². The van der Waals surface area contributed by atoms with E-state index in [2.05, 4.69) is 4.98 Å². The Kier molecular flexibility index (Phi) is 4.55. The van der Waals surface area contributed by atoms with Crippen LogP contribution in [0.3, 0.4) is 0 Å². The van der Waals surface area contributed by atoms with Crippen LogP contribution in [0.5, 0.6) is 23.0 Å². The summed E-state index contributed by atoms with van der Waals surface area (Å²) < 4.78 is 16.5. The van der Waals surface area contributed by atoms with E-state index in [1.54, 1.807) is 30.6 Å². The van der Waals surface area contributed by atoms with Gasteiger partial charge >= 0.3 is 5.97 Å². The zero-order chi connectivity index (χ0) is 22.4. The number of hydrogen-bond acceptors (Lipinski definition) is 8. The highest BCUT2D eigenvalue weighted by atomic mass is 16.5. The standard InChI is InChI=1S/C24H17NO7/c1-30-18-5-4-12(7-15(18)26)19-9-16(27)23-17(28)10-20-22(24(23)32-19)14(8-21(29)31-20)13-3-2-6-25-11-13/h2-7,9-11,14,26,28H,8H2,1H3. The summed E-state index contributed by atoms with van der Waals surface area (Å²) in [4.78, 5) is 29.4. The number of carbonyl (C=O) groups is 1. The van der Waals surface area contributed by atoms with Gasteiger partial charge in [-0.25, -0.2) is 0 Å². The number of aromatic hydroxyl groups is 2. The van der Waals surface area contributed by atoms with Gasteiger partial charge in [0.2, 0.25) is 0 Å². The first-order valence-corrected chi connectivity index (χ1v) is 9.78. The lowest BCUT2D eigenvalue weighted by molar-refractivity contribution is -0.135. The summed E-state index contributed by atoms with van der Waals surface area (Å²) in [7, 11) is 1.43. The Hall–Kier alpha value is -4.33. The van der Waals surface area contributed by atoms with Crippen LogP contribution < -0.4 is 14.9 Å². The van der Waals surface area contributed by atoms with Gasteiger partial charge in [0.1, 0.15) is 28.2 Å². The molecule has 5 rings (SSSR count). The minimum absolute atomic E-state index is 0.0166. The first-order chi connectivity index (χ1) is 15.5. The van der Waals surface area contributed by atoms with E-state index in [1.165, 1.54) is 25.3 Å². The molecule has 0 spiro atoms. The topological polar surface area (TPSA) is 119 Å². The van der Waals surface area contributed by atoms with Crippen LogP contribution >= 0.6 is 0 Å². The molecule has 0 amide bonds. The quantitative estimate of drug-likeness (QED) is 0.372. The van der Waals surface area contributed by atoms with E-state index in [0.717, 1.165) is 5.56 Å². The average molecular weight is 431 g/mol. The van der Waals surface area contributed by atoms with Gasteiger partial charge in [-0.3, -0.25) is 14.6 Å². The minimum Gasteiger partial charge on any atom is -0.507 e. The van der Waals surface area contributed by atoms with Crippen molar-refractivity contribution in [3.63, 3.8) is 0 Å². The second kappa shape index (κ2) is 7.42. The molecule has 0 bridgehead atoms. The Morgan fingerprint density at radius 1 is 1.09 bits per heavy atom. The molecule has 2 aromatic heterocycles. The molecule has 0 saturated heterocycles. The van der Waals surface area contributed by atoms with Crippen molar-refractivity contribution in [1.82, 2.24) is 4.98 Å². The molecule has 8 heteroatoms. The van der Waals surface area contributed by atoms with E-state index >= 15 is 0 Å². The maximum absolute atomic E-state index is 13.0. The third-order valence-corrected chi connectivity index (χ3v) is 5.47. The van der Waals surface area contributed by atoms with Crippen LogP contribution in [0.2, 0.25) is 0 Å². The van der Waals surface area contributed by atoms with Crippen LogP contribution in [0.1, 0.15) is 23.5 Å². The van der Waals surface area contributed by atoms with Gasteiger partial charge in [0, 0.05) is 41.6 Å². The van der Waals surface area contributed by atoms with Crippen LogP contribution in [0, 0.1) is 0 Å². The SMILES string of the molecule is COc1ccc(-c2cc(=O)c3c(O)cc4c(c3o2)C(c2cccnc2)CC(=O)O4)cc1O. The lowest BCUT2D eigenvalue weighted by Crippen LogP contribution is -2.22. The molecule has 0 saturated carbocycles. The van der Waals surface area contributed by atoms with Crippen LogP contribution in [0.4, 0.5) is 0 Å². The number of rotatable bonds is 3. The molecule has 8 nitrogen and oxygen atoms in total. The largest absolute Gasteiger partial charge is 0.507 e. The molecule has 0 fully saturated rings. The molecule has 1 unspecified atom stereocenters. The van der Waals surface area contributed by atoms with Crippen molar-refractivity contribution in [2.75, 3.05) is 7.11 Å². The minimum atomic E-state index is -0.481. The monoisotopic (exact) mass is 431 g/mol. The number of hydrogen-bond donors (Lipinski definition) is 2. The molecule has 1 aliphatic heterocycles. The fraction of sp³-hybridized carbons (Fsp3) is 0.125. The van der Waals surface area contributed by atoms with Gasteiger partial charge in [0.05, 0.1) is 13.5 Å². The predicted octanol–water partition coefficient (Wildman–Crippen LogP) is 3.72. The Morgan fingerprint density at radius 3 is 2.66 bits per heavy atom. The Balaban J connectivity index is 1.80. The number of aromatic nitrogens is 1. The molecular formula is C24H17NO7. The molecule has 0 aliphatic carbocycles. The first kappa shape index (κ1) is 19.6. The van der Waals surface area contributed by atoms with Crippen LogP contribution in [-0.4, -0.2) is 28.3 Å². The molecule has 160 valence electrons. The van der Waals surface area contributed by atoms with E-state index < -0.39 is 17.3 Å². The van der Waals surface area contributed by atoms with E-state index in [1.807, 2.05) is 6.07 Å². The third-order valence-electron chi connectivity index (χ3n) is 5.47. The highest BCUT2D eigenvalue weighted by Crippen LogP contribution is 2.46. The highest BCUT2D eigenvalue weighted by molar-refractivity contribution is 5.93. The zero-order valence-corrected chi connectivity index (χ0v) is 16.9. The molecule has 2 aromatic carbocycles. The maximum Gasteiger partial charge on any atom is 0.312 e. The van der Waals surface area contributed by atoms with Gasteiger partial charge in [-0.15, -0.1) is 0 Å². The number of phenolic OH excluding ortho intramolecular Hbond substituents is 2. The zero-order valence-electron chi connectivity index (χ0n) is 16.9. The fourth-order valence-corrected chi connectivity index (χ4v) is 4.01. The summed E-state index contributed by atoms with van der Waals surface area (Å²) in [6.07, 6.45) is 3.28. The smallest absolute Gasteiger partial charge is 0.312 e. The Bertz CT molecular complexity index is 1430. The molecule has 1 aliphatic rings. The summed E-state index contributed by atoms with van der Waals surface area (Å²) in [5.41, 5.74) is 1.29. The molecule has 1 atom stereocenters. The number of pyridine rings is 1. The average Bonchev–Trinajstić information content (AvgIpc) is 2.78. The predicted molar refractivity (Wildman–Crippen MR) is 114 cm³/mol. The van der Waals surface area contributed by atoms with Gasteiger partial charge in [-0.05, 0) is 29.8 Å². The van der Waals surface area contributed by atoms with Gasteiger partial charge in [-0.2, -0.15) is 0 Å². The number of carbonyl (C=O) groups excluding carboxylic acids is 1. The van der Waals surface area contributed by atoms with E-state index in [0.29, 0.717) is 11.1 Å². The Labute approximate surface area is 181 Å². The van der Waals surface area contributed by atoms with Crippen molar-refractivity contribution >= 4 is 16.9 Å². The molecular weight excluding hydrogens is 414 g/mol. The van der Waals surface area contributed by atoms with Crippen molar-refractivity contribution in [2.24, 2.45) is 0 Å². The van der Waals surface area contributed by atoms with Crippen molar-refractivity contribution in [3.8, 4) is 34.3 Å². The molecule has 32 heavy (non-hydrogen) atoms. The van der Waals surface area contributed by atoms with E-state index in [9.17, 15) is 19.8 Å². The number of nitrogens with zero attached hydrogens (tertiary/aromatic N) is 1. The van der Waals surface area contributed by atoms with Gasteiger partial charge in [0.25, 0.3) is 0 Å². The van der Waals surface area contributed by atoms with Gasteiger partial charge in [0.15, 0.2) is 16.9 Å². The third kappa shape index (κ3) is 3.13. The molecule has 4 aromatic rings. The maximum atomic E-state index is 13.0. The van der Waals surface area contributed by atoms with E-state index in [-0.39, 0.29) is 46.1 Å². The second-order valence-corrected chi connectivity index (χ2v) is 7.39. The molecule has 3 heterocycles. The highest BCUT2D eigenvalue weighted by Gasteiger charge is 2.33. The van der Waals surface area contributed by atoms with Gasteiger partial charge in [-0.1, -0.05) is 6.07 Å². The lowest BCUT2D eigenvalue weighted by atomic mass is 9.86. The normalized spacial score (nSPS) is 15.3. The van der Waals surface area contributed by atoms with Crippen molar-refractivity contribution in [3.05, 3.63) is 76.2 Å². The number of ether oxygens (including phenoxy) is 2. The van der Waals surface area contributed by atoms with Crippen molar-refractivity contribution < 1.29 is 28.9 Å². The van der Waals surface area contributed by atoms with E-state index in [4.69, 9.17) is 13.9 Å². The summed E-state index contributed by atoms with van der Waals surface area (Å²) >= 11 is 0. The second-order valence-electron chi connectivity index (χ2n) is 7.39. The number of benzene rings is 2. The number of fused-ring (bicyclic) bond motifs is 3. The van der Waals surface area contributed by atoms with Crippen LogP contribution in [0.25, 0.3) is 22.3 Å². The van der Waals surface area contributed by atoms with Crippen LogP contribution in [-0.2, 0) is 4.79 Å². The fourth-order valence-electron chi connectivity index (χ4n) is 4.01. The first-order valence-electron chi connectivity index (χ1n) is 9.78. The summed E-state index contributed by atoms with van der Waals surface area (Å²) in [6, 6.07) is 10.7. The van der Waals surface area contributed by atoms with Crippen molar-refractivity contribution in [2.45, 2.75) is 12.3 Å². The summed E-state index contributed by atoms with van der Waals surface area (Å²) in [6.45, 7) is 0. The van der Waals surface area contributed by atoms with Crippen molar-refractivity contribution in [1.29, 1.82) is 0 Å². The number of phenols is 2. The Morgan fingerprint density at radius 2 is 1.94 bits per heavy atom.